The normalized spacial score (nSPS) is 17.4. The lowest BCUT2D eigenvalue weighted by Crippen LogP contribution is -3.06. The molecular weight excluding hydrogens is 418 g/mol. The molecule has 31 heavy (non-hydrogen) atoms. The van der Waals surface area contributed by atoms with Crippen LogP contribution < -0.4 is 10.2 Å². The Morgan fingerprint density at radius 3 is 2.65 bits per heavy atom. The number of anilines is 1. The van der Waals surface area contributed by atoms with Crippen molar-refractivity contribution in [1.29, 1.82) is 0 Å². The van der Waals surface area contributed by atoms with Crippen LogP contribution in [0.2, 0.25) is 0 Å². The van der Waals surface area contributed by atoms with Gasteiger partial charge in [-0.3, -0.25) is 24.6 Å². The predicted molar refractivity (Wildman–Crippen MR) is 121 cm³/mol. The van der Waals surface area contributed by atoms with Crippen molar-refractivity contribution in [1.82, 2.24) is 4.90 Å². The van der Waals surface area contributed by atoms with Gasteiger partial charge in [0.2, 0.25) is 11.8 Å². The first kappa shape index (κ1) is 22.4. The highest BCUT2D eigenvalue weighted by molar-refractivity contribution is 8.15. The maximum Gasteiger partial charge on any atom is 0.271 e. The van der Waals surface area contributed by atoms with Gasteiger partial charge in [-0.1, -0.05) is 36.0 Å². The zero-order valence-electron chi connectivity index (χ0n) is 17.3. The fourth-order valence-corrected chi connectivity index (χ4v) is 4.14. The van der Waals surface area contributed by atoms with Crippen molar-refractivity contribution >= 4 is 45.8 Å². The molecule has 3 rings (SSSR count). The number of hydrogen-bond acceptors (Lipinski definition) is 6. The lowest BCUT2D eigenvalue weighted by atomic mass is 10.2. The second kappa shape index (κ2) is 10.2. The lowest BCUT2D eigenvalue weighted by Gasteiger charge is -2.17. The molecule has 2 aromatic rings. The SMILES string of the molecule is C[NH+](C)CCN1C(=O)[C@@H](CC(=O)Nc2cccc([N+](=O)[O-])c2)SC1=Nc1ccccc1. The number of nitro benzene ring substituents is 1. The van der Waals surface area contributed by atoms with E-state index < -0.39 is 10.2 Å². The van der Waals surface area contributed by atoms with Gasteiger partial charge in [0, 0.05) is 24.2 Å². The quantitative estimate of drug-likeness (QED) is 0.478. The first-order valence-corrected chi connectivity index (χ1v) is 10.7. The van der Waals surface area contributed by atoms with E-state index in [4.69, 9.17) is 0 Å². The van der Waals surface area contributed by atoms with Crippen LogP contribution in [0, 0.1) is 10.1 Å². The minimum atomic E-state index is -0.599. The molecule has 0 aromatic heterocycles. The van der Waals surface area contributed by atoms with Crippen LogP contribution in [0.15, 0.2) is 59.6 Å². The highest BCUT2D eigenvalue weighted by Gasteiger charge is 2.39. The van der Waals surface area contributed by atoms with Crippen molar-refractivity contribution in [2.75, 3.05) is 32.5 Å². The first-order chi connectivity index (χ1) is 14.8. The summed E-state index contributed by atoms with van der Waals surface area (Å²) in [5.41, 5.74) is 0.946. The van der Waals surface area contributed by atoms with E-state index in [2.05, 4.69) is 10.3 Å². The number of carbonyl (C=O) groups excluding carboxylic acids is 2. The number of nitro groups is 1. The summed E-state index contributed by atoms with van der Waals surface area (Å²) in [6.07, 6.45) is -0.0503. The van der Waals surface area contributed by atoms with Gasteiger partial charge >= 0.3 is 0 Å². The minimum absolute atomic E-state index is 0.0503. The van der Waals surface area contributed by atoms with Gasteiger partial charge < -0.3 is 10.2 Å². The minimum Gasteiger partial charge on any atom is -0.338 e. The summed E-state index contributed by atoms with van der Waals surface area (Å²) in [6, 6.07) is 15.1. The molecule has 10 heteroatoms. The summed E-state index contributed by atoms with van der Waals surface area (Å²) < 4.78 is 0. The van der Waals surface area contributed by atoms with Crippen LogP contribution in [0.3, 0.4) is 0 Å². The Balaban J connectivity index is 1.72. The summed E-state index contributed by atoms with van der Waals surface area (Å²) in [7, 11) is 4.01. The third kappa shape index (κ3) is 6.12. The monoisotopic (exact) mass is 442 g/mol. The Hall–Kier alpha value is -3.24. The van der Waals surface area contributed by atoms with Crippen LogP contribution in [0.1, 0.15) is 6.42 Å². The zero-order chi connectivity index (χ0) is 22.4. The van der Waals surface area contributed by atoms with E-state index in [1.54, 1.807) is 11.0 Å². The number of thioether (sulfide) groups is 1. The van der Waals surface area contributed by atoms with E-state index in [1.807, 2.05) is 44.4 Å². The standard InChI is InChI=1S/C21H23N5O4S/c1-24(2)11-12-25-20(28)18(31-21(25)23-15-7-4-3-5-8-15)14-19(27)22-16-9-6-10-17(13-16)26(29)30/h3-10,13,18H,11-12,14H2,1-2H3,(H,22,27)/p+1/t18-/m1/s1. The zero-order valence-corrected chi connectivity index (χ0v) is 18.1. The van der Waals surface area contributed by atoms with E-state index >= 15 is 0 Å². The number of aliphatic imine (C=N–C) groups is 1. The van der Waals surface area contributed by atoms with Gasteiger partial charge in [0.05, 0.1) is 37.8 Å². The van der Waals surface area contributed by atoms with Crippen LogP contribution in [0.25, 0.3) is 0 Å². The molecule has 0 bridgehead atoms. The first-order valence-electron chi connectivity index (χ1n) is 9.78. The summed E-state index contributed by atoms with van der Waals surface area (Å²) >= 11 is 1.27. The van der Waals surface area contributed by atoms with Crippen LogP contribution in [-0.4, -0.2) is 59.2 Å². The van der Waals surface area contributed by atoms with Gasteiger partial charge in [-0.2, -0.15) is 0 Å². The molecule has 0 unspecified atom stereocenters. The fraction of sp³-hybridized carbons (Fsp3) is 0.286. The summed E-state index contributed by atoms with van der Waals surface area (Å²) in [4.78, 5) is 43.4. The van der Waals surface area contributed by atoms with Gasteiger partial charge in [-0.25, -0.2) is 4.99 Å². The molecule has 1 aliphatic rings. The van der Waals surface area contributed by atoms with Gasteiger partial charge in [-0.15, -0.1) is 0 Å². The molecule has 1 aliphatic heterocycles. The number of likely N-dealkylation sites (N-methyl/N-ethyl adjacent to an activating group) is 1. The number of non-ortho nitro benzene ring substituents is 1. The van der Waals surface area contributed by atoms with E-state index in [1.165, 1.54) is 34.9 Å². The molecule has 162 valence electrons. The van der Waals surface area contributed by atoms with E-state index in [9.17, 15) is 19.7 Å². The van der Waals surface area contributed by atoms with Crippen molar-refractivity contribution in [2.24, 2.45) is 4.99 Å². The molecule has 0 spiro atoms. The number of rotatable bonds is 8. The van der Waals surface area contributed by atoms with Gasteiger partial charge in [-0.05, 0) is 18.2 Å². The molecule has 1 saturated heterocycles. The van der Waals surface area contributed by atoms with E-state index in [0.717, 1.165) is 12.2 Å². The van der Waals surface area contributed by atoms with Crippen molar-refractivity contribution in [2.45, 2.75) is 11.7 Å². The van der Waals surface area contributed by atoms with E-state index in [-0.39, 0.29) is 23.9 Å². The van der Waals surface area contributed by atoms with E-state index in [0.29, 0.717) is 17.4 Å². The molecule has 1 atom stereocenters. The number of amidine groups is 1. The van der Waals surface area contributed by atoms with Crippen molar-refractivity contribution in [3.63, 3.8) is 0 Å². The molecule has 2 aromatic carbocycles. The molecule has 0 saturated carbocycles. The number of nitrogens with zero attached hydrogens (tertiary/aromatic N) is 3. The second-order valence-corrected chi connectivity index (χ2v) is 8.51. The number of benzene rings is 2. The van der Waals surface area contributed by atoms with Crippen LogP contribution in [0.5, 0.6) is 0 Å². The number of carbonyl (C=O) groups is 2. The molecule has 0 radical (unpaired) electrons. The van der Waals surface area contributed by atoms with Gasteiger partial charge in [0.1, 0.15) is 5.25 Å². The van der Waals surface area contributed by atoms with Gasteiger partial charge in [0.25, 0.3) is 5.69 Å². The fourth-order valence-electron chi connectivity index (χ4n) is 2.96. The number of para-hydroxylation sites is 1. The topological polar surface area (TPSA) is 109 Å². The molecular formula is C21H24N5O4S+. The molecule has 1 fully saturated rings. The lowest BCUT2D eigenvalue weighted by molar-refractivity contribution is -0.857. The average Bonchev–Trinajstić information content (AvgIpc) is 3.01. The summed E-state index contributed by atoms with van der Waals surface area (Å²) in [5, 5.41) is 13.5. The number of quaternary nitrogens is 1. The van der Waals surface area contributed by atoms with Crippen LogP contribution in [0.4, 0.5) is 17.1 Å². The predicted octanol–water partition coefficient (Wildman–Crippen LogP) is 1.70. The van der Waals surface area contributed by atoms with Crippen LogP contribution in [-0.2, 0) is 9.59 Å². The largest absolute Gasteiger partial charge is 0.338 e. The van der Waals surface area contributed by atoms with Crippen molar-refractivity contribution in [3.8, 4) is 0 Å². The Kier molecular flexibility index (Phi) is 7.37. The second-order valence-electron chi connectivity index (χ2n) is 7.34. The number of amides is 2. The number of nitrogens with one attached hydrogen (secondary N) is 2. The number of hydrogen-bond donors (Lipinski definition) is 2. The van der Waals surface area contributed by atoms with Crippen molar-refractivity contribution < 1.29 is 19.4 Å². The molecule has 2 N–H and O–H groups in total. The highest BCUT2D eigenvalue weighted by atomic mass is 32.2. The highest BCUT2D eigenvalue weighted by Crippen LogP contribution is 2.31. The van der Waals surface area contributed by atoms with Crippen LogP contribution >= 0.6 is 11.8 Å². The molecule has 2 amide bonds. The molecule has 1 heterocycles. The average molecular weight is 443 g/mol. The third-order valence-electron chi connectivity index (χ3n) is 4.55. The Labute approximate surface area is 184 Å². The Morgan fingerprint density at radius 2 is 1.97 bits per heavy atom. The summed E-state index contributed by atoms with van der Waals surface area (Å²) in [5.74, 6) is -0.541. The molecule has 9 nitrogen and oxygen atoms in total. The smallest absolute Gasteiger partial charge is 0.271 e. The maximum atomic E-state index is 13.0. The maximum absolute atomic E-state index is 13.0. The summed E-state index contributed by atoms with van der Waals surface area (Å²) in [6.45, 7) is 1.25. The van der Waals surface area contributed by atoms with Gasteiger partial charge in [0.15, 0.2) is 5.17 Å². The molecule has 0 aliphatic carbocycles. The Morgan fingerprint density at radius 1 is 1.23 bits per heavy atom. The Bertz CT molecular complexity index is 996. The third-order valence-corrected chi connectivity index (χ3v) is 5.72. The van der Waals surface area contributed by atoms with Crippen molar-refractivity contribution in [3.05, 3.63) is 64.7 Å².